The lowest BCUT2D eigenvalue weighted by molar-refractivity contribution is -0.669. The van der Waals surface area contributed by atoms with E-state index in [1.807, 2.05) is 0 Å². The van der Waals surface area contributed by atoms with Gasteiger partial charge in [-0.25, -0.2) is 0 Å². The summed E-state index contributed by atoms with van der Waals surface area (Å²) in [4.78, 5) is 0. The van der Waals surface area contributed by atoms with Crippen LogP contribution in [0.25, 0.3) is 44.6 Å². The van der Waals surface area contributed by atoms with Gasteiger partial charge in [0.15, 0.2) is 5.70 Å². The number of nitrogens with zero attached hydrogens (tertiary/aromatic N) is 2. The zero-order chi connectivity index (χ0) is 22.4. The van der Waals surface area contributed by atoms with E-state index in [1.54, 1.807) is 0 Å². The van der Waals surface area contributed by atoms with Gasteiger partial charge in [-0.05, 0) is 53.6 Å². The number of hydrogen-bond acceptors (Lipinski definition) is 0. The topological polar surface area (TPSA) is 6.89 Å². The van der Waals surface area contributed by atoms with Crippen LogP contribution in [0.15, 0.2) is 90.6 Å². The molecular weight excluding hydrogens is 400 g/mol. The predicted octanol–water partition coefficient (Wildman–Crippen LogP) is 5.19. The van der Waals surface area contributed by atoms with E-state index in [2.05, 4.69) is 120 Å². The fraction of sp³-hybridized carbons (Fsp3) is 0.161. The van der Waals surface area contributed by atoms with Gasteiger partial charge in [-0.15, -0.1) is 0 Å². The molecule has 1 aliphatic rings. The molecule has 0 amide bonds. The zero-order valence-electron chi connectivity index (χ0n) is 19.3. The van der Waals surface area contributed by atoms with Gasteiger partial charge in [0, 0.05) is 18.2 Å². The van der Waals surface area contributed by atoms with Crippen LogP contribution in [-0.2, 0) is 6.54 Å². The second kappa shape index (κ2) is 7.97. The molecule has 0 aliphatic carbocycles. The van der Waals surface area contributed by atoms with E-state index in [9.17, 15) is 0 Å². The highest BCUT2D eigenvalue weighted by atomic mass is 15.0. The molecule has 0 unspecified atom stereocenters. The van der Waals surface area contributed by atoms with E-state index in [4.69, 9.17) is 0 Å². The Hall–Kier alpha value is -3.78. The first-order valence-corrected chi connectivity index (χ1v) is 12.0. The lowest BCUT2D eigenvalue weighted by Crippen LogP contribution is -2.43. The van der Waals surface area contributed by atoms with E-state index in [0.29, 0.717) is 0 Å². The van der Waals surface area contributed by atoms with Crippen molar-refractivity contribution >= 4 is 44.6 Å². The van der Waals surface area contributed by atoms with Gasteiger partial charge in [0.25, 0.3) is 0 Å². The maximum absolute atomic E-state index is 2.48. The largest absolute Gasteiger partial charge is 0.213 e. The molecule has 5 aromatic rings. The molecule has 1 aliphatic heterocycles. The fourth-order valence-electron chi connectivity index (χ4n) is 5.46. The van der Waals surface area contributed by atoms with Crippen molar-refractivity contribution in [2.45, 2.75) is 26.8 Å². The van der Waals surface area contributed by atoms with Gasteiger partial charge >= 0.3 is 0 Å². The van der Waals surface area contributed by atoms with Crippen LogP contribution in [-0.4, -0.2) is 6.54 Å². The molecule has 0 atom stereocenters. The van der Waals surface area contributed by atoms with Crippen LogP contribution in [0.4, 0.5) is 0 Å². The highest BCUT2D eigenvalue weighted by molar-refractivity contribution is 6.05. The minimum absolute atomic E-state index is 0.936. The normalized spacial score (nSPS) is 14.7. The molecule has 0 bridgehead atoms. The van der Waals surface area contributed by atoms with Crippen LogP contribution in [0, 0.1) is 0 Å². The van der Waals surface area contributed by atoms with Crippen molar-refractivity contribution in [2.24, 2.45) is 0 Å². The third-order valence-electron chi connectivity index (χ3n) is 7.02. The van der Waals surface area contributed by atoms with E-state index in [1.165, 1.54) is 54.4 Å². The average molecular weight is 429 g/mol. The van der Waals surface area contributed by atoms with Crippen molar-refractivity contribution in [3.63, 3.8) is 0 Å². The van der Waals surface area contributed by atoms with Gasteiger partial charge in [-0.3, -0.25) is 0 Å². The predicted molar refractivity (Wildman–Crippen MR) is 139 cm³/mol. The highest BCUT2D eigenvalue weighted by Gasteiger charge is 2.21. The molecule has 0 fully saturated rings. The summed E-state index contributed by atoms with van der Waals surface area (Å²) in [7, 11) is 0. The summed E-state index contributed by atoms with van der Waals surface area (Å²) in [5, 5.41) is 9.25. The number of rotatable bonds is 3. The zero-order valence-corrected chi connectivity index (χ0v) is 19.3. The van der Waals surface area contributed by atoms with Gasteiger partial charge in [0.2, 0.25) is 16.6 Å². The van der Waals surface area contributed by atoms with E-state index in [0.717, 1.165) is 19.5 Å². The maximum Gasteiger partial charge on any atom is 0.213 e. The number of pyridine rings is 1. The molecule has 6 rings (SSSR count). The summed E-state index contributed by atoms with van der Waals surface area (Å²) in [6.07, 6.45) is 5.73. The third kappa shape index (κ3) is 3.17. The van der Waals surface area contributed by atoms with Crippen molar-refractivity contribution < 1.29 is 4.57 Å². The molecule has 0 saturated heterocycles. The van der Waals surface area contributed by atoms with E-state index >= 15 is 0 Å². The Labute approximate surface area is 194 Å². The number of fused-ring (bicyclic) bond motifs is 6. The van der Waals surface area contributed by atoms with Crippen molar-refractivity contribution in [1.82, 2.24) is 4.58 Å². The molecular formula is C31H28N2+2. The van der Waals surface area contributed by atoms with Crippen molar-refractivity contribution in [3.8, 4) is 0 Å². The van der Waals surface area contributed by atoms with Gasteiger partial charge in [0.05, 0.1) is 23.1 Å². The molecule has 4 aromatic carbocycles. The number of allylic oxidation sites excluding steroid dienone is 1. The number of aromatic nitrogens is 1. The van der Waals surface area contributed by atoms with Gasteiger partial charge < -0.3 is 0 Å². The molecule has 2 heteroatoms. The average Bonchev–Trinajstić information content (AvgIpc) is 2.88. The summed E-state index contributed by atoms with van der Waals surface area (Å²) in [5.74, 6) is 0. The summed E-state index contributed by atoms with van der Waals surface area (Å²) in [6.45, 7) is 6.38. The Morgan fingerprint density at radius 2 is 1.42 bits per heavy atom. The second-order valence-electron chi connectivity index (χ2n) is 8.73. The standard InChI is InChI=1S/C31H28N2/c1-3-32-24(15-17-28-26-11-7-5-9-22(26)13-19-30(28)32)21-25-16-18-29-27-12-8-6-10-23(27)14-20-31(29)33(25)4-2/h5-15,17-21H,3-4,16H2,1-2H3/q+2/b25-21+. The monoisotopic (exact) mass is 428 g/mol. The van der Waals surface area contributed by atoms with Gasteiger partial charge in [-0.1, -0.05) is 54.6 Å². The maximum atomic E-state index is 2.48. The molecule has 1 aromatic heterocycles. The molecule has 2 nitrogen and oxygen atoms in total. The first kappa shape index (κ1) is 19.9. The van der Waals surface area contributed by atoms with Crippen LogP contribution in [0.3, 0.4) is 0 Å². The van der Waals surface area contributed by atoms with E-state index in [-0.39, 0.29) is 0 Å². The van der Waals surface area contributed by atoms with Crippen molar-refractivity contribution in [3.05, 3.63) is 107 Å². The van der Waals surface area contributed by atoms with Crippen LogP contribution in [0.5, 0.6) is 0 Å². The lowest BCUT2D eigenvalue weighted by atomic mass is 10.0. The Morgan fingerprint density at radius 3 is 2.21 bits per heavy atom. The van der Waals surface area contributed by atoms with Crippen molar-refractivity contribution in [2.75, 3.05) is 6.54 Å². The molecule has 0 radical (unpaired) electrons. The summed E-state index contributed by atoms with van der Waals surface area (Å²) < 4.78 is 4.92. The van der Waals surface area contributed by atoms with Crippen molar-refractivity contribution in [1.29, 1.82) is 0 Å². The fourth-order valence-corrected chi connectivity index (χ4v) is 5.46. The third-order valence-corrected chi connectivity index (χ3v) is 7.02. The Bertz CT molecular complexity index is 1710. The minimum Gasteiger partial charge on any atom is -0.195 e. The lowest BCUT2D eigenvalue weighted by Gasteiger charge is -2.10. The second-order valence-corrected chi connectivity index (χ2v) is 8.73. The molecule has 33 heavy (non-hydrogen) atoms. The molecule has 2 heterocycles. The summed E-state index contributed by atoms with van der Waals surface area (Å²) in [6, 6.07) is 31.0. The Morgan fingerprint density at radius 1 is 0.697 bits per heavy atom. The molecule has 0 N–H and O–H groups in total. The van der Waals surface area contributed by atoms with Crippen LogP contribution < -0.4 is 19.7 Å². The van der Waals surface area contributed by atoms with Crippen LogP contribution in [0.1, 0.15) is 26.0 Å². The quantitative estimate of drug-likeness (QED) is 0.276. The molecule has 0 saturated carbocycles. The van der Waals surface area contributed by atoms with E-state index < -0.39 is 0 Å². The number of benzene rings is 4. The Balaban J connectivity index is 1.57. The SMILES string of the molecule is CC[N+]1=c2ccc3ccccc3c2=CC/C1=C\c1ccc2c3ccccc3ccc2[n+]1CC. The first-order chi connectivity index (χ1) is 16.3. The smallest absolute Gasteiger partial charge is 0.195 e. The van der Waals surface area contributed by atoms with Crippen LogP contribution in [0.2, 0.25) is 0 Å². The van der Waals surface area contributed by atoms with Gasteiger partial charge in [0.1, 0.15) is 13.1 Å². The molecule has 160 valence electrons. The number of aryl methyl sites for hydroxylation is 1. The minimum atomic E-state index is 0.936. The molecule has 0 spiro atoms. The summed E-state index contributed by atoms with van der Waals surface area (Å²) >= 11 is 0. The highest BCUT2D eigenvalue weighted by Crippen LogP contribution is 2.24. The first-order valence-electron chi connectivity index (χ1n) is 12.0. The number of hydrogen-bond donors (Lipinski definition) is 0. The van der Waals surface area contributed by atoms with Crippen LogP contribution >= 0.6 is 0 Å². The van der Waals surface area contributed by atoms with Gasteiger partial charge in [-0.2, -0.15) is 9.14 Å². The summed E-state index contributed by atoms with van der Waals surface area (Å²) in [5.41, 5.74) is 3.90. The Kier molecular flexibility index (Phi) is 4.80.